The van der Waals surface area contributed by atoms with Crippen molar-refractivity contribution in [2.75, 3.05) is 5.73 Å². The van der Waals surface area contributed by atoms with Gasteiger partial charge >= 0.3 is 0 Å². The summed E-state index contributed by atoms with van der Waals surface area (Å²) in [5.41, 5.74) is 7.92. The third-order valence-corrected chi connectivity index (χ3v) is 2.79. The predicted molar refractivity (Wildman–Crippen MR) is 70.9 cm³/mol. The number of benzene rings is 2. The van der Waals surface area contributed by atoms with E-state index in [0.717, 1.165) is 11.1 Å². The zero-order valence-electron chi connectivity index (χ0n) is 8.87. The van der Waals surface area contributed by atoms with E-state index in [0.29, 0.717) is 10.2 Å². The average Bonchev–Trinajstić information content (AvgIpc) is 2.33. The van der Waals surface area contributed by atoms with E-state index in [9.17, 15) is 4.39 Å². The average molecular weight is 290 g/mol. The van der Waals surface area contributed by atoms with Gasteiger partial charge < -0.3 is 5.73 Å². The summed E-state index contributed by atoms with van der Waals surface area (Å²) < 4.78 is 13.4. The summed E-state index contributed by atoms with van der Waals surface area (Å²) in [6.07, 6.45) is 0. The van der Waals surface area contributed by atoms with Gasteiger partial charge in [-0.25, -0.2) is 4.39 Å². The van der Waals surface area contributed by atoms with Gasteiger partial charge in [-0.15, -0.1) is 0 Å². The fourth-order valence-electron chi connectivity index (χ4n) is 1.28. The van der Waals surface area contributed by atoms with Crippen molar-refractivity contribution in [3.8, 4) is 11.8 Å². The van der Waals surface area contributed by atoms with Crippen molar-refractivity contribution < 1.29 is 4.39 Å². The summed E-state index contributed by atoms with van der Waals surface area (Å²) in [6, 6.07) is 12.0. The lowest BCUT2D eigenvalue weighted by molar-refractivity contribution is 0.621. The molecule has 0 aliphatic carbocycles. The Morgan fingerprint density at radius 2 is 1.53 bits per heavy atom. The minimum atomic E-state index is -0.289. The molecule has 0 bridgehead atoms. The summed E-state index contributed by atoms with van der Waals surface area (Å²) in [7, 11) is 0. The minimum absolute atomic E-state index is 0.289. The highest BCUT2D eigenvalue weighted by atomic mass is 79.9. The van der Waals surface area contributed by atoms with Crippen molar-refractivity contribution in [2.45, 2.75) is 0 Å². The van der Waals surface area contributed by atoms with Crippen molar-refractivity contribution in [3.63, 3.8) is 0 Å². The maximum Gasteiger partial charge on any atom is 0.137 e. The lowest BCUT2D eigenvalue weighted by atomic mass is 10.2. The van der Waals surface area contributed by atoms with Gasteiger partial charge in [0.1, 0.15) is 5.82 Å². The Hall–Kier alpha value is -1.79. The van der Waals surface area contributed by atoms with E-state index in [-0.39, 0.29) is 5.82 Å². The first-order chi connectivity index (χ1) is 8.15. The van der Waals surface area contributed by atoms with Crippen LogP contribution in [-0.2, 0) is 0 Å². The highest BCUT2D eigenvalue weighted by Crippen LogP contribution is 2.16. The van der Waals surface area contributed by atoms with Gasteiger partial charge in [0, 0.05) is 16.8 Å². The molecular weight excluding hydrogens is 281 g/mol. The van der Waals surface area contributed by atoms with Crippen LogP contribution in [0.5, 0.6) is 0 Å². The van der Waals surface area contributed by atoms with E-state index >= 15 is 0 Å². The second-order valence-corrected chi connectivity index (χ2v) is 4.36. The van der Waals surface area contributed by atoms with Gasteiger partial charge in [0.2, 0.25) is 0 Å². The summed E-state index contributed by atoms with van der Waals surface area (Å²) in [5.74, 6) is 5.66. The zero-order valence-corrected chi connectivity index (χ0v) is 10.5. The van der Waals surface area contributed by atoms with E-state index in [4.69, 9.17) is 5.73 Å². The minimum Gasteiger partial charge on any atom is -0.399 e. The number of halogens is 2. The number of hydrogen-bond donors (Lipinski definition) is 1. The van der Waals surface area contributed by atoms with Crippen LogP contribution in [0.15, 0.2) is 46.9 Å². The summed E-state index contributed by atoms with van der Waals surface area (Å²) in [5, 5.41) is 0. The molecule has 0 heterocycles. The van der Waals surface area contributed by atoms with Crippen molar-refractivity contribution in [1.82, 2.24) is 0 Å². The first kappa shape index (κ1) is 11.7. The van der Waals surface area contributed by atoms with E-state index in [1.54, 1.807) is 24.3 Å². The molecule has 0 aromatic heterocycles. The van der Waals surface area contributed by atoms with Crippen LogP contribution >= 0.6 is 15.9 Å². The van der Waals surface area contributed by atoms with Gasteiger partial charge in [-0.05, 0) is 58.4 Å². The van der Waals surface area contributed by atoms with Crippen molar-refractivity contribution >= 4 is 21.6 Å². The SMILES string of the molecule is Nc1ccc(C#Cc2ccc(F)c(Br)c2)cc1. The molecule has 0 saturated heterocycles. The van der Waals surface area contributed by atoms with E-state index < -0.39 is 0 Å². The van der Waals surface area contributed by atoms with Crippen LogP contribution < -0.4 is 5.73 Å². The Labute approximate surface area is 108 Å². The van der Waals surface area contributed by atoms with E-state index in [1.807, 2.05) is 12.1 Å². The molecule has 0 atom stereocenters. The Morgan fingerprint density at radius 1 is 0.941 bits per heavy atom. The third kappa shape index (κ3) is 3.08. The number of anilines is 1. The van der Waals surface area contributed by atoms with Crippen LogP contribution in [0.3, 0.4) is 0 Å². The van der Waals surface area contributed by atoms with Crippen LogP contribution in [0, 0.1) is 17.7 Å². The highest BCUT2D eigenvalue weighted by molar-refractivity contribution is 9.10. The molecule has 0 spiro atoms. The maximum absolute atomic E-state index is 13.0. The summed E-state index contributed by atoms with van der Waals surface area (Å²) in [4.78, 5) is 0. The molecule has 0 aliphatic rings. The molecule has 0 fully saturated rings. The normalized spacial score (nSPS) is 9.53. The second-order valence-electron chi connectivity index (χ2n) is 3.50. The quantitative estimate of drug-likeness (QED) is 0.582. The lowest BCUT2D eigenvalue weighted by Crippen LogP contribution is -1.83. The molecule has 1 nitrogen and oxygen atoms in total. The Kier molecular flexibility index (Phi) is 3.46. The Morgan fingerprint density at radius 3 is 2.18 bits per heavy atom. The highest BCUT2D eigenvalue weighted by Gasteiger charge is 1.97. The third-order valence-electron chi connectivity index (χ3n) is 2.18. The molecule has 0 amide bonds. The van der Waals surface area contributed by atoms with Crippen LogP contribution in [0.25, 0.3) is 0 Å². The van der Waals surface area contributed by atoms with Gasteiger partial charge in [0.25, 0.3) is 0 Å². The first-order valence-electron chi connectivity index (χ1n) is 4.98. The molecule has 0 aliphatic heterocycles. The Bertz CT molecular complexity index is 594. The molecule has 0 unspecified atom stereocenters. The molecule has 0 radical (unpaired) electrons. The van der Waals surface area contributed by atoms with Crippen LogP contribution in [0.4, 0.5) is 10.1 Å². The molecule has 0 saturated carbocycles. The smallest absolute Gasteiger partial charge is 0.137 e. The molecule has 17 heavy (non-hydrogen) atoms. The van der Waals surface area contributed by atoms with E-state index in [1.165, 1.54) is 6.07 Å². The summed E-state index contributed by atoms with van der Waals surface area (Å²) in [6.45, 7) is 0. The van der Waals surface area contributed by atoms with Gasteiger partial charge in [-0.3, -0.25) is 0 Å². The lowest BCUT2D eigenvalue weighted by Gasteiger charge is -1.95. The largest absolute Gasteiger partial charge is 0.399 e. The molecule has 3 heteroatoms. The molecular formula is C14H9BrFN. The predicted octanol–water partition coefficient (Wildman–Crippen LogP) is 3.57. The number of nitrogen functional groups attached to an aromatic ring is 1. The first-order valence-corrected chi connectivity index (χ1v) is 5.77. The van der Waals surface area contributed by atoms with Crippen molar-refractivity contribution in [3.05, 3.63) is 63.9 Å². The second kappa shape index (κ2) is 5.03. The van der Waals surface area contributed by atoms with Gasteiger partial charge in [-0.2, -0.15) is 0 Å². The van der Waals surface area contributed by atoms with Gasteiger partial charge in [0.05, 0.1) is 4.47 Å². The van der Waals surface area contributed by atoms with Crippen molar-refractivity contribution in [2.24, 2.45) is 0 Å². The van der Waals surface area contributed by atoms with Crippen molar-refractivity contribution in [1.29, 1.82) is 0 Å². The standard InChI is InChI=1S/C14H9BrFN/c15-13-9-11(5-8-14(13)16)2-1-10-3-6-12(17)7-4-10/h3-9H,17H2. The monoisotopic (exact) mass is 289 g/mol. The number of hydrogen-bond acceptors (Lipinski definition) is 1. The topological polar surface area (TPSA) is 26.0 Å². The van der Waals surface area contributed by atoms with Crippen LogP contribution in [-0.4, -0.2) is 0 Å². The van der Waals surface area contributed by atoms with Crippen LogP contribution in [0.2, 0.25) is 0 Å². The molecule has 2 aromatic rings. The zero-order chi connectivity index (χ0) is 12.3. The van der Waals surface area contributed by atoms with Gasteiger partial charge in [-0.1, -0.05) is 11.8 Å². The maximum atomic E-state index is 13.0. The molecule has 84 valence electrons. The van der Waals surface area contributed by atoms with E-state index in [2.05, 4.69) is 27.8 Å². The number of rotatable bonds is 0. The number of nitrogens with two attached hydrogens (primary N) is 1. The molecule has 2 N–H and O–H groups in total. The molecule has 2 aromatic carbocycles. The summed E-state index contributed by atoms with van der Waals surface area (Å²) >= 11 is 3.12. The Balaban J connectivity index is 2.26. The van der Waals surface area contributed by atoms with Gasteiger partial charge in [0.15, 0.2) is 0 Å². The fourth-order valence-corrected chi connectivity index (χ4v) is 1.66. The molecule has 2 rings (SSSR count). The fraction of sp³-hybridized carbons (Fsp3) is 0. The van der Waals surface area contributed by atoms with Crippen LogP contribution in [0.1, 0.15) is 11.1 Å².